The van der Waals surface area contributed by atoms with Crippen molar-refractivity contribution in [1.82, 2.24) is 14.7 Å². The highest BCUT2D eigenvalue weighted by Gasteiger charge is 2.34. The number of nitrogens with zero attached hydrogens (tertiary/aromatic N) is 3. The smallest absolute Gasteiger partial charge is 0.236 e. The summed E-state index contributed by atoms with van der Waals surface area (Å²) in [6, 6.07) is 16.4. The highest BCUT2D eigenvalue weighted by Crippen LogP contribution is 2.30. The summed E-state index contributed by atoms with van der Waals surface area (Å²) in [5.74, 6) is 1.33. The maximum Gasteiger partial charge on any atom is 0.236 e. The van der Waals surface area contributed by atoms with Crippen LogP contribution in [0.25, 0.3) is 0 Å². The van der Waals surface area contributed by atoms with E-state index in [4.69, 9.17) is 4.74 Å². The monoisotopic (exact) mass is 517 g/mol. The Labute approximate surface area is 225 Å². The van der Waals surface area contributed by atoms with Crippen LogP contribution >= 0.6 is 0 Å². The molecule has 0 aliphatic carbocycles. The minimum atomic E-state index is -0.411. The third-order valence-corrected chi connectivity index (χ3v) is 8.21. The number of carbonyl (C=O) groups excluding carboxylic acids is 2. The lowest BCUT2D eigenvalue weighted by atomic mass is 9.82. The Morgan fingerprint density at radius 2 is 1.84 bits per heavy atom. The number of para-hydroxylation sites is 1. The Morgan fingerprint density at radius 3 is 2.66 bits per heavy atom. The molecule has 0 aromatic heterocycles. The number of benzene rings is 2. The van der Waals surface area contributed by atoms with Gasteiger partial charge in [0.05, 0.1) is 12.6 Å². The van der Waals surface area contributed by atoms with Gasteiger partial charge in [0.15, 0.2) is 0 Å². The van der Waals surface area contributed by atoms with Crippen molar-refractivity contribution in [1.29, 1.82) is 0 Å². The summed E-state index contributed by atoms with van der Waals surface area (Å²) >= 11 is 0. The zero-order chi connectivity index (χ0) is 26.5. The Hall–Kier alpha value is -3.16. The fourth-order valence-corrected chi connectivity index (χ4v) is 5.92. The standard InChI is InChI=1S/C31H39N3O4/c1-23-7-2-3-8-25(23)18-32-19-27-9-4-5-11-29(27)38-16-6-10-26-20-33(31(37)22-32)14-12-24(26)17-30(36)34-15-13-28(35)21-34/h2-11,24,26,28,35H,12-22H2,1H3/b10-6-/t24-,26-,28+/m0/s1. The van der Waals surface area contributed by atoms with E-state index in [0.717, 1.165) is 17.7 Å². The summed E-state index contributed by atoms with van der Waals surface area (Å²) < 4.78 is 6.18. The fourth-order valence-electron chi connectivity index (χ4n) is 5.92. The number of carbonyl (C=O) groups is 2. The molecule has 202 valence electrons. The summed E-state index contributed by atoms with van der Waals surface area (Å²) in [7, 11) is 0. The van der Waals surface area contributed by atoms with Crippen LogP contribution in [0.2, 0.25) is 0 Å². The van der Waals surface area contributed by atoms with Crippen molar-refractivity contribution in [3.63, 3.8) is 0 Å². The normalized spacial score (nSPS) is 25.5. The first-order chi connectivity index (χ1) is 18.5. The van der Waals surface area contributed by atoms with Crippen molar-refractivity contribution in [2.75, 3.05) is 39.3 Å². The first-order valence-electron chi connectivity index (χ1n) is 13.8. The number of rotatable bonds is 4. The molecule has 2 saturated heterocycles. The first kappa shape index (κ1) is 26.4. The van der Waals surface area contributed by atoms with Crippen LogP contribution in [-0.4, -0.2) is 77.1 Å². The molecule has 3 aliphatic rings. The van der Waals surface area contributed by atoms with Crippen LogP contribution in [-0.2, 0) is 22.7 Å². The molecule has 2 aromatic carbocycles. The number of aliphatic hydroxyl groups is 1. The zero-order valence-corrected chi connectivity index (χ0v) is 22.3. The van der Waals surface area contributed by atoms with Crippen LogP contribution in [0.15, 0.2) is 60.7 Å². The van der Waals surface area contributed by atoms with Gasteiger partial charge in [-0.15, -0.1) is 0 Å². The predicted molar refractivity (Wildman–Crippen MR) is 146 cm³/mol. The van der Waals surface area contributed by atoms with E-state index >= 15 is 0 Å². The third-order valence-electron chi connectivity index (χ3n) is 8.21. The number of fused-ring (bicyclic) bond motifs is 3. The summed E-state index contributed by atoms with van der Waals surface area (Å²) in [4.78, 5) is 32.6. The average molecular weight is 518 g/mol. The lowest BCUT2D eigenvalue weighted by Crippen LogP contribution is -2.47. The maximum absolute atomic E-state index is 13.6. The molecule has 7 nitrogen and oxygen atoms in total. The van der Waals surface area contributed by atoms with Gasteiger partial charge in [0.25, 0.3) is 0 Å². The van der Waals surface area contributed by atoms with Crippen LogP contribution in [0.5, 0.6) is 5.75 Å². The molecular formula is C31H39N3O4. The number of amides is 2. The van der Waals surface area contributed by atoms with E-state index < -0.39 is 6.10 Å². The van der Waals surface area contributed by atoms with E-state index in [1.165, 1.54) is 11.1 Å². The highest BCUT2D eigenvalue weighted by molar-refractivity contribution is 5.79. The molecule has 3 atom stereocenters. The SMILES string of the molecule is Cc1ccccc1CN1CC(=O)N2CC[C@@H](CC(=O)N3CC[C@@H](O)C3)[C@@H](/C=C\COc3ccccc3C1)C2. The largest absolute Gasteiger partial charge is 0.489 e. The van der Waals surface area contributed by atoms with E-state index in [0.29, 0.717) is 65.3 Å². The number of aliphatic hydroxyl groups excluding tert-OH is 1. The summed E-state index contributed by atoms with van der Waals surface area (Å²) in [6.07, 6.45) is 5.66. The minimum absolute atomic E-state index is 0.0913. The lowest BCUT2D eigenvalue weighted by molar-refractivity contribution is -0.136. The average Bonchev–Trinajstić information content (AvgIpc) is 3.35. The van der Waals surface area contributed by atoms with Gasteiger partial charge in [-0.3, -0.25) is 14.5 Å². The van der Waals surface area contributed by atoms with Crippen LogP contribution in [0.3, 0.4) is 0 Å². The van der Waals surface area contributed by atoms with E-state index in [1.807, 2.05) is 41.3 Å². The van der Waals surface area contributed by atoms with Crippen molar-refractivity contribution in [3.8, 4) is 5.75 Å². The quantitative estimate of drug-likeness (QED) is 0.630. The topological polar surface area (TPSA) is 73.3 Å². The van der Waals surface area contributed by atoms with Crippen molar-refractivity contribution in [2.45, 2.75) is 45.4 Å². The molecule has 3 heterocycles. The van der Waals surface area contributed by atoms with E-state index in [1.54, 1.807) is 4.90 Å². The summed E-state index contributed by atoms with van der Waals surface area (Å²) in [5, 5.41) is 9.86. The van der Waals surface area contributed by atoms with Crippen LogP contribution in [0.1, 0.15) is 36.0 Å². The molecule has 7 heteroatoms. The molecule has 2 bridgehead atoms. The van der Waals surface area contributed by atoms with Gasteiger partial charge in [-0.1, -0.05) is 54.6 Å². The number of β-amino-alcohol motifs (C(OH)–C–C–N with tert-alkyl or cyclic N) is 1. The number of ether oxygens (including phenoxy) is 1. The molecule has 2 fully saturated rings. The molecule has 3 aliphatic heterocycles. The molecule has 1 N–H and O–H groups in total. The zero-order valence-electron chi connectivity index (χ0n) is 22.3. The molecule has 0 unspecified atom stereocenters. The van der Waals surface area contributed by atoms with Crippen LogP contribution in [0, 0.1) is 18.8 Å². The van der Waals surface area contributed by atoms with Crippen LogP contribution in [0.4, 0.5) is 0 Å². The Kier molecular flexibility index (Phi) is 8.45. The predicted octanol–water partition coefficient (Wildman–Crippen LogP) is 3.39. The number of hydrogen-bond acceptors (Lipinski definition) is 5. The van der Waals surface area contributed by atoms with E-state index in [9.17, 15) is 14.7 Å². The fraction of sp³-hybridized carbons (Fsp3) is 0.484. The van der Waals surface area contributed by atoms with E-state index in [2.05, 4.69) is 36.1 Å². The second-order valence-corrected chi connectivity index (χ2v) is 11.0. The van der Waals surface area contributed by atoms with Gasteiger partial charge in [0.2, 0.25) is 11.8 Å². The molecular weight excluding hydrogens is 478 g/mol. The van der Waals surface area contributed by atoms with Crippen molar-refractivity contribution < 1.29 is 19.4 Å². The third kappa shape index (κ3) is 6.45. The van der Waals surface area contributed by atoms with Crippen LogP contribution < -0.4 is 4.74 Å². The van der Waals surface area contributed by atoms with E-state index in [-0.39, 0.29) is 23.7 Å². The van der Waals surface area contributed by atoms with Crippen molar-refractivity contribution >= 4 is 11.8 Å². The maximum atomic E-state index is 13.6. The van der Waals surface area contributed by atoms with Gasteiger partial charge in [-0.2, -0.15) is 0 Å². The second kappa shape index (κ2) is 12.1. The number of piperidine rings is 1. The second-order valence-electron chi connectivity index (χ2n) is 11.0. The Balaban J connectivity index is 1.36. The molecule has 0 radical (unpaired) electrons. The Bertz CT molecular complexity index is 1170. The first-order valence-corrected chi connectivity index (χ1v) is 13.8. The van der Waals surface area contributed by atoms with Crippen molar-refractivity contribution in [3.05, 3.63) is 77.4 Å². The van der Waals surface area contributed by atoms with Gasteiger partial charge in [0, 0.05) is 51.3 Å². The molecule has 2 aromatic rings. The molecule has 0 saturated carbocycles. The minimum Gasteiger partial charge on any atom is -0.489 e. The van der Waals surface area contributed by atoms with Gasteiger partial charge in [0.1, 0.15) is 12.4 Å². The molecule has 2 amide bonds. The lowest BCUT2D eigenvalue weighted by Gasteiger charge is -2.38. The van der Waals surface area contributed by atoms with Gasteiger partial charge < -0.3 is 19.6 Å². The number of likely N-dealkylation sites (tertiary alicyclic amines) is 1. The molecule has 5 rings (SSSR count). The highest BCUT2D eigenvalue weighted by atomic mass is 16.5. The van der Waals surface area contributed by atoms with Gasteiger partial charge in [-0.25, -0.2) is 0 Å². The summed E-state index contributed by atoms with van der Waals surface area (Å²) in [6.45, 7) is 6.52. The molecule has 0 spiro atoms. The van der Waals surface area contributed by atoms with Crippen molar-refractivity contribution in [2.24, 2.45) is 11.8 Å². The number of aryl methyl sites for hydroxylation is 1. The molecule has 38 heavy (non-hydrogen) atoms. The van der Waals surface area contributed by atoms with Gasteiger partial charge in [-0.05, 0) is 48.8 Å². The number of hydrogen-bond donors (Lipinski definition) is 1. The van der Waals surface area contributed by atoms with Gasteiger partial charge >= 0.3 is 0 Å². The Morgan fingerprint density at radius 1 is 1.03 bits per heavy atom. The summed E-state index contributed by atoms with van der Waals surface area (Å²) in [5.41, 5.74) is 3.50.